The molecular weight excluding hydrogens is 1170 g/mol. The Morgan fingerprint density at radius 1 is 0.330 bits per heavy atom. The Bertz CT molecular complexity index is 4660. The van der Waals surface area contributed by atoms with Crippen molar-refractivity contribution in [2.75, 3.05) is 14.7 Å². The fourth-order valence-electron chi connectivity index (χ4n) is 18.5. The molecule has 0 saturated carbocycles. The molecule has 9 aromatic carbocycles. The molecule has 3 nitrogen and oxygen atoms in total. The van der Waals surface area contributed by atoms with Crippen molar-refractivity contribution in [2.45, 2.75) is 252 Å². The van der Waals surface area contributed by atoms with E-state index >= 15 is 0 Å². The molecule has 0 spiro atoms. The zero-order valence-corrected chi connectivity index (χ0v) is 63.3. The predicted octanol–water partition coefficient (Wildman–Crippen LogP) is 24.2. The van der Waals surface area contributed by atoms with E-state index in [2.05, 4.69) is 338 Å². The third kappa shape index (κ3) is 10.2. The Morgan fingerprint density at radius 2 is 0.784 bits per heavy atom. The lowest BCUT2D eigenvalue weighted by Crippen LogP contribution is -2.62. The molecule has 4 aliphatic carbocycles. The van der Waals surface area contributed by atoms with E-state index in [9.17, 15) is 0 Å². The fourth-order valence-corrected chi connectivity index (χ4v) is 18.5. The minimum absolute atomic E-state index is 0.00763. The highest BCUT2D eigenvalue weighted by Crippen LogP contribution is 2.61. The summed E-state index contributed by atoms with van der Waals surface area (Å²) in [4.78, 5) is 8.20. The number of fused-ring (bicyclic) bond motifs is 11. The van der Waals surface area contributed by atoms with Crippen LogP contribution in [0.5, 0.6) is 0 Å². The number of rotatable bonds is 6. The van der Waals surface area contributed by atoms with Crippen LogP contribution in [-0.2, 0) is 54.1 Å². The average molecular weight is 1280 g/mol. The van der Waals surface area contributed by atoms with Gasteiger partial charge in [0.15, 0.2) is 0 Å². The number of hydrogen-bond donors (Lipinski definition) is 0. The van der Waals surface area contributed by atoms with Crippen LogP contribution in [-0.4, -0.2) is 6.71 Å². The van der Waals surface area contributed by atoms with Gasteiger partial charge in [-0.3, -0.25) is 0 Å². The highest BCUT2D eigenvalue weighted by Gasteiger charge is 2.52. The largest absolute Gasteiger partial charge is 0.311 e. The first kappa shape index (κ1) is 65.4. The molecule has 15 rings (SSSR count). The summed E-state index contributed by atoms with van der Waals surface area (Å²) in [5.41, 5.74) is 35.6. The summed E-state index contributed by atoms with van der Waals surface area (Å²) in [6.07, 6.45) is 6.90. The molecule has 0 N–H and O–H groups in total. The highest BCUT2D eigenvalue weighted by atomic mass is 15.2. The van der Waals surface area contributed by atoms with Crippen LogP contribution in [0, 0.1) is 0 Å². The number of hydrogen-bond acceptors (Lipinski definition) is 3. The Labute approximate surface area is 584 Å². The smallest absolute Gasteiger partial charge is 0.252 e. The Hall–Kier alpha value is -7.56. The highest BCUT2D eigenvalue weighted by molar-refractivity contribution is 7.00. The standard InChI is InChI=1S/C93H108BN3/c1-84(2,3)58-29-34-61(35-30-58)95(62-36-31-59(32-37-62)85(4,5)6)64-51-79-82-80(52-64)97(77-42-33-60(86(7,8)9)49-65(77)57-27-25-24-26-28-57)83-75(41-40-68-81(83)66-53-71-72(54-69(66)93(68,22)23)90(16,17)46-45-89(71,14)15)94(82)76-55-73-74(92(20,21)48-47-91(73,18)19)56-78(76)96(79)63-38-39-67-70(50-63)88(12,13)44-43-87(67,10)11/h24-42,49-56H,43-48H2,1-23H3. The van der Waals surface area contributed by atoms with Crippen molar-refractivity contribution in [1.29, 1.82) is 0 Å². The van der Waals surface area contributed by atoms with E-state index < -0.39 is 0 Å². The summed E-state index contributed by atoms with van der Waals surface area (Å²) in [5.74, 6) is 0. The summed E-state index contributed by atoms with van der Waals surface area (Å²) in [6, 6.07) is 67.0. The first-order chi connectivity index (χ1) is 45.2. The number of nitrogens with zero attached hydrogens (tertiary/aromatic N) is 3. The molecule has 498 valence electrons. The summed E-state index contributed by atoms with van der Waals surface area (Å²) >= 11 is 0. The number of anilines is 9. The molecule has 4 heteroatoms. The van der Waals surface area contributed by atoms with Crippen LogP contribution in [0.3, 0.4) is 0 Å². The van der Waals surface area contributed by atoms with Crippen LogP contribution in [0.25, 0.3) is 22.3 Å². The van der Waals surface area contributed by atoms with E-state index in [1.165, 1.54) is 140 Å². The predicted molar refractivity (Wildman–Crippen MR) is 420 cm³/mol. The van der Waals surface area contributed by atoms with Crippen molar-refractivity contribution in [1.82, 2.24) is 0 Å². The van der Waals surface area contributed by atoms with Crippen LogP contribution in [0.2, 0.25) is 0 Å². The maximum atomic E-state index is 2.83. The topological polar surface area (TPSA) is 9.72 Å². The van der Waals surface area contributed by atoms with Crippen molar-refractivity contribution in [3.8, 4) is 22.3 Å². The first-order valence-electron chi connectivity index (χ1n) is 36.9. The van der Waals surface area contributed by atoms with Gasteiger partial charge >= 0.3 is 0 Å². The molecule has 2 aliphatic heterocycles. The summed E-state index contributed by atoms with van der Waals surface area (Å²) in [5, 5.41) is 0. The second-order valence-corrected chi connectivity index (χ2v) is 38.3. The van der Waals surface area contributed by atoms with Crippen LogP contribution in [0.4, 0.5) is 51.2 Å². The van der Waals surface area contributed by atoms with E-state index in [1.54, 1.807) is 0 Å². The van der Waals surface area contributed by atoms with Crippen molar-refractivity contribution in [3.05, 3.63) is 225 Å². The van der Waals surface area contributed by atoms with Gasteiger partial charge in [0.25, 0.3) is 6.71 Å². The lowest BCUT2D eigenvalue weighted by atomic mass is 9.33. The maximum absolute atomic E-state index is 2.83. The van der Waals surface area contributed by atoms with Gasteiger partial charge in [-0.05, 0) is 249 Å². The molecule has 97 heavy (non-hydrogen) atoms. The molecule has 0 aromatic heterocycles. The van der Waals surface area contributed by atoms with Gasteiger partial charge in [0.05, 0.1) is 11.4 Å². The molecule has 0 atom stereocenters. The summed E-state index contributed by atoms with van der Waals surface area (Å²) in [7, 11) is 0. The van der Waals surface area contributed by atoms with E-state index in [-0.39, 0.29) is 60.9 Å². The van der Waals surface area contributed by atoms with Crippen molar-refractivity contribution >= 4 is 74.3 Å². The zero-order chi connectivity index (χ0) is 69.2. The van der Waals surface area contributed by atoms with Gasteiger partial charge < -0.3 is 14.7 Å². The van der Waals surface area contributed by atoms with Crippen LogP contribution < -0.4 is 31.1 Å². The quantitative estimate of drug-likeness (QED) is 0.154. The second kappa shape index (κ2) is 21.2. The van der Waals surface area contributed by atoms with Crippen LogP contribution >= 0.6 is 0 Å². The van der Waals surface area contributed by atoms with Gasteiger partial charge in [-0.2, -0.15) is 0 Å². The molecule has 6 aliphatic rings. The van der Waals surface area contributed by atoms with Gasteiger partial charge in [-0.1, -0.05) is 250 Å². The lowest BCUT2D eigenvalue weighted by molar-refractivity contribution is 0.331. The van der Waals surface area contributed by atoms with Gasteiger partial charge in [0.2, 0.25) is 0 Å². The SMILES string of the molecule is CC(C)(C)c1ccc(N(c2ccc(C(C)(C)C)cc2)c2cc3c4c(c2)N(c2ccc(C(C)(C)C)cc2-c2ccccc2)c2c(ccc5c2-c2cc6c(cc2C5(C)C)C(C)(C)CCC6(C)C)B4c2cc4c(cc2N3c2ccc3c(c2)C(C)(C)CCC3(C)C)C(C)(C)CCC4(C)C)cc1. The van der Waals surface area contributed by atoms with E-state index in [4.69, 9.17) is 0 Å². The minimum atomic E-state index is -0.288. The molecule has 0 saturated heterocycles. The van der Waals surface area contributed by atoms with E-state index in [0.29, 0.717) is 0 Å². The summed E-state index contributed by atoms with van der Waals surface area (Å²) in [6.45, 7) is 56.2. The van der Waals surface area contributed by atoms with Crippen LogP contribution in [0.1, 0.15) is 259 Å². The first-order valence-corrected chi connectivity index (χ1v) is 36.9. The molecule has 0 bridgehead atoms. The molecule has 2 heterocycles. The zero-order valence-electron chi connectivity index (χ0n) is 63.3. The van der Waals surface area contributed by atoms with Gasteiger partial charge in [0.1, 0.15) is 0 Å². The molecular formula is C93H108BN3. The molecule has 0 unspecified atom stereocenters. The van der Waals surface area contributed by atoms with Gasteiger partial charge in [0, 0.05) is 56.4 Å². The average Bonchev–Trinajstić information content (AvgIpc) is 1.66. The monoisotopic (exact) mass is 1280 g/mol. The van der Waals surface area contributed by atoms with Gasteiger partial charge in [-0.25, -0.2) is 0 Å². The number of benzene rings is 9. The van der Waals surface area contributed by atoms with Gasteiger partial charge in [-0.15, -0.1) is 0 Å². The Kier molecular flexibility index (Phi) is 14.3. The fraction of sp³-hybridized carbons (Fsp3) is 0.419. The molecule has 0 fully saturated rings. The third-order valence-corrected chi connectivity index (χ3v) is 25.3. The third-order valence-electron chi connectivity index (χ3n) is 25.3. The molecule has 0 amide bonds. The van der Waals surface area contributed by atoms with Crippen LogP contribution in [0.15, 0.2) is 164 Å². The molecule has 9 aromatic rings. The van der Waals surface area contributed by atoms with Crippen molar-refractivity contribution in [2.24, 2.45) is 0 Å². The maximum Gasteiger partial charge on any atom is 0.252 e. The summed E-state index contributed by atoms with van der Waals surface area (Å²) < 4.78 is 0. The normalized spacial score (nSPS) is 19.1. The Morgan fingerprint density at radius 3 is 1.31 bits per heavy atom. The lowest BCUT2D eigenvalue weighted by Gasteiger charge is -2.49. The van der Waals surface area contributed by atoms with E-state index in [0.717, 1.165) is 49.2 Å². The van der Waals surface area contributed by atoms with Crippen molar-refractivity contribution < 1.29 is 0 Å². The van der Waals surface area contributed by atoms with Crippen molar-refractivity contribution in [3.63, 3.8) is 0 Å². The minimum Gasteiger partial charge on any atom is -0.311 e. The van der Waals surface area contributed by atoms with E-state index in [1.807, 2.05) is 0 Å². The molecule has 0 radical (unpaired) electrons. The Balaban J connectivity index is 1.15. The second-order valence-electron chi connectivity index (χ2n) is 38.3.